The van der Waals surface area contributed by atoms with Gasteiger partial charge in [-0.15, -0.1) is 0 Å². The minimum Gasteiger partial charge on any atom is -0.318 e. The van der Waals surface area contributed by atoms with Crippen molar-refractivity contribution in [3.63, 3.8) is 0 Å². The number of carbonyl (C=O) groups is 1. The fraction of sp³-hybridized carbons (Fsp3) is 0.385. The maximum absolute atomic E-state index is 11.4. The van der Waals surface area contributed by atoms with Crippen molar-refractivity contribution in [2.75, 3.05) is 0 Å². The molecule has 0 heterocycles. The zero-order chi connectivity index (χ0) is 12.0. The third-order valence-corrected chi connectivity index (χ3v) is 2.48. The number of hydrogen-bond acceptors (Lipinski definition) is 3. The molecular weight excluding hydrogens is 202 g/mol. The van der Waals surface area contributed by atoms with Gasteiger partial charge in [0, 0.05) is 0 Å². The molecule has 16 heavy (non-hydrogen) atoms. The maximum atomic E-state index is 11.4. The van der Waals surface area contributed by atoms with Gasteiger partial charge in [-0.05, 0) is 18.9 Å². The van der Waals surface area contributed by atoms with Crippen molar-refractivity contribution in [2.24, 2.45) is 11.1 Å². The number of nitrogens with zero attached hydrogens (tertiary/aromatic N) is 1. The summed E-state index contributed by atoms with van der Waals surface area (Å²) in [5.74, 6) is -0.384. The first-order chi connectivity index (χ1) is 7.65. The molecule has 1 rings (SSSR count). The van der Waals surface area contributed by atoms with E-state index < -0.39 is 0 Å². The maximum Gasteiger partial charge on any atom is 0.337 e. The molecule has 3 nitrogen and oxygen atoms in total. The fourth-order valence-corrected chi connectivity index (χ4v) is 1.10. The van der Waals surface area contributed by atoms with Crippen LogP contribution < -0.4 is 0 Å². The molecule has 0 amide bonds. The summed E-state index contributed by atoms with van der Waals surface area (Å²) >= 11 is 0. The zero-order valence-electron chi connectivity index (χ0n) is 9.93. The Morgan fingerprint density at radius 1 is 1.38 bits per heavy atom. The molecule has 1 unspecified atom stereocenters. The van der Waals surface area contributed by atoms with Crippen LogP contribution >= 0.6 is 0 Å². The van der Waals surface area contributed by atoms with Crippen LogP contribution in [0.4, 0.5) is 0 Å². The van der Waals surface area contributed by atoms with Crippen molar-refractivity contribution >= 4 is 11.7 Å². The summed E-state index contributed by atoms with van der Waals surface area (Å²) in [5, 5.41) is 3.83. The fourth-order valence-electron chi connectivity index (χ4n) is 1.10. The highest BCUT2D eigenvalue weighted by molar-refractivity contribution is 5.98. The van der Waals surface area contributed by atoms with E-state index in [0.29, 0.717) is 5.71 Å². The van der Waals surface area contributed by atoms with Crippen molar-refractivity contribution in [3.8, 4) is 0 Å². The second kappa shape index (κ2) is 6.05. The smallest absolute Gasteiger partial charge is 0.318 e. The minimum absolute atomic E-state index is 0.104. The predicted octanol–water partition coefficient (Wildman–Crippen LogP) is 3.00. The molecule has 86 valence electrons. The topological polar surface area (TPSA) is 38.7 Å². The summed E-state index contributed by atoms with van der Waals surface area (Å²) < 4.78 is 0. The molecule has 0 aromatic heterocycles. The third kappa shape index (κ3) is 3.50. The van der Waals surface area contributed by atoms with Gasteiger partial charge in [0.2, 0.25) is 0 Å². The molecule has 1 aromatic carbocycles. The minimum atomic E-state index is -0.280. The van der Waals surface area contributed by atoms with E-state index in [0.717, 1.165) is 12.0 Å². The molecule has 0 radical (unpaired) electrons. The molecule has 0 saturated carbocycles. The van der Waals surface area contributed by atoms with Crippen LogP contribution in [0.3, 0.4) is 0 Å². The van der Waals surface area contributed by atoms with Crippen molar-refractivity contribution in [3.05, 3.63) is 35.9 Å². The van der Waals surface area contributed by atoms with E-state index in [4.69, 9.17) is 4.84 Å². The summed E-state index contributed by atoms with van der Waals surface area (Å²) in [5.41, 5.74) is 1.66. The standard InChI is InChI=1S/C13H17NO2/c1-4-10(2)13(15)16-14-11(3)12-8-6-5-7-9-12/h5-10H,4H2,1-3H3/b14-11-. The Balaban J connectivity index is 2.62. The van der Waals surface area contributed by atoms with Gasteiger partial charge >= 0.3 is 5.97 Å². The van der Waals surface area contributed by atoms with E-state index in [1.54, 1.807) is 0 Å². The van der Waals surface area contributed by atoms with Crippen LogP contribution in [0.5, 0.6) is 0 Å². The lowest BCUT2D eigenvalue weighted by Gasteiger charge is -2.04. The van der Waals surface area contributed by atoms with Gasteiger partial charge in [0.1, 0.15) is 0 Å². The normalized spacial score (nSPS) is 13.3. The van der Waals surface area contributed by atoms with E-state index in [9.17, 15) is 4.79 Å². The Morgan fingerprint density at radius 3 is 2.56 bits per heavy atom. The Hall–Kier alpha value is -1.64. The van der Waals surface area contributed by atoms with E-state index in [1.807, 2.05) is 51.1 Å². The first kappa shape index (κ1) is 12.4. The van der Waals surface area contributed by atoms with Crippen LogP contribution in [0.25, 0.3) is 0 Å². The van der Waals surface area contributed by atoms with Gasteiger partial charge in [-0.3, -0.25) is 0 Å². The molecule has 1 aromatic rings. The van der Waals surface area contributed by atoms with Gasteiger partial charge in [0.25, 0.3) is 0 Å². The van der Waals surface area contributed by atoms with Crippen molar-refractivity contribution in [1.29, 1.82) is 0 Å². The highest BCUT2D eigenvalue weighted by atomic mass is 16.7. The van der Waals surface area contributed by atoms with Gasteiger partial charge in [0.15, 0.2) is 0 Å². The Bertz CT molecular complexity index is 371. The first-order valence-electron chi connectivity index (χ1n) is 5.46. The molecule has 0 spiro atoms. The number of rotatable bonds is 4. The zero-order valence-corrected chi connectivity index (χ0v) is 9.93. The lowest BCUT2D eigenvalue weighted by molar-refractivity contribution is -0.148. The van der Waals surface area contributed by atoms with E-state index in [-0.39, 0.29) is 11.9 Å². The first-order valence-corrected chi connectivity index (χ1v) is 5.46. The van der Waals surface area contributed by atoms with Gasteiger partial charge in [-0.25, -0.2) is 4.79 Å². The Kier molecular flexibility index (Phi) is 4.70. The molecule has 0 saturated heterocycles. The largest absolute Gasteiger partial charge is 0.337 e. The summed E-state index contributed by atoms with van der Waals surface area (Å²) in [6.07, 6.45) is 0.763. The second-order valence-electron chi connectivity index (χ2n) is 3.76. The monoisotopic (exact) mass is 219 g/mol. The highest BCUT2D eigenvalue weighted by Gasteiger charge is 2.12. The van der Waals surface area contributed by atoms with Gasteiger partial charge in [-0.2, -0.15) is 0 Å². The quantitative estimate of drug-likeness (QED) is 0.443. The lowest BCUT2D eigenvalue weighted by atomic mass is 10.1. The summed E-state index contributed by atoms with van der Waals surface area (Å²) in [6, 6.07) is 9.63. The molecule has 0 aliphatic rings. The van der Waals surface area contributed by atoms with Crippen molar-refractivity contribution in [1.82, 2.24) is 0 Å². The Morgan fingerprint density at radius 2 is 2.00 bits per heavy atom. The van der Waals surface area contributed by atoms with Crippen LogP contribution in [-0.2, 0) is 9.63 Å². The highest BCUT2D eigenvalue weighted by Crippen LogP contribution is 2.05. The summed E-state index contributed by atoms with van der Waals surface area (Å²) in [4.78, 5) is 16.2. The van der Waals surface area contributed by atoms with Crippen LogP contribution in [0.15, 0.2) is 35.5 Å². The summed E-state index contributed by atoms with van der Waals surface area (Å²) in [7, 11) is 0. The number of carbonyl (C=O) groups excluding carboxylic acids is 1. The molecule has 0 aliphatic carbocycles. The van der Waals surface area contributed by atoms with Crippen LogP contribution in [0.1, 0.15) is 32.8 Å². The predicted molar refractivity (Wildman–Crippen MR) is 64.2 cm³/mol. The molecule has 0 N–H and O–H groups in total. The molecule has 1 atom stereocenters. The molecular formula is C13H17NO2. The third-order valence-electron chi connectivity index (χ3n) is 2.48. The van der Waals surface area contributed by atoms with Crippen LogP contribution in [0, 0.1) is 5.92 Å². The van der Waals surface area contributed by atoms with Gasteiger partial charge in [-0.1, -0.05) is 49.3 Å². The Labute approximate surface area is 96.1 Å². The van der Waals surface area contributed by atoms with E-state index in [2.05, 4.69) is 5.16 Å². The average molecular weight is 219 g/mol. The van der Waals surface area contributed by atoms with Gasteiger partial charge < -0.3 is 4.84 Å². The van der Waals surface area contributed by atoms with Crippen molar-refractivity contribution < 1.29 is 9.63 Å². The van der Waals surface area contributed by atoms with Crippen LogP contribution in [-0.4, -0.2) is 11.7 Å². The number of oxime groups is 1. The van der Waals surface area contributed by atoms with Gasteiger partial charge in [0.05, 0.1) is 11.6 Å². The second-order valence-corrected chi connectivity index (χ2v) is 3.76. The SMILES string of the molecule is CCC(C)C(=O)O/N=C(/C)c1ccccc1. The van der Waals surface area contributed by atoms with Crippen molar-refractivity contribution in [2.45, 2.75) is 27.2 Å². The number of benzene rings is 1. The average Bonchev–Trinajstić information content (AvgIpc) is 2.35. The molecule has 3 heteroatoms. The molecule has 0 aliphatic heterocycles. The molecule has 0 fully saturated rings. The lowest BCUT2D eigenvalue weighted by Crippen LogP contribution is -2.12. The molecule has 0 bridgehead atoms. The summed E-state index contributed by atoms with van der Waals surface area (Å²) in [6.45, 7) is 5.59. The van der Waals surface area contributed by atoms with E-state index >= 15 is 0 Å². The van der Waals surface area contributed by atoms with Crippen LogP contribution in [0.2, 0.25) is 0 Å². The number of hydrogen-bond donors (Lipinski definition) is 0. The van der Waals surface area contributed by atoms with E-state index in [1.165, 1.54) is 0 Å².